The van der Waals surface area contributed by atoms with Crippen molar-refractivity contribution in [3.05, 3.63) is 28.7 Å². The quantitative estimate of drug-likeness (QED) is 0.566. The second-order valence-electron chi connectivity index (χ2n) is 5.05. The molecule has 22 heavy (non-hydrogen) atoms. The van der Waals surface area contributed by atoms with Crippen LogP contribution in [0.5, 0.6) is 0 Å². The van der Waals surface area contributed by atoms with E-state index in [2.05, 4.69) is 39.1 Å². The normalized spacial score (nSPS) is 24.9. The summed E-state index contributed by atoms with van der Waals surface area (Å²) in [7, 11) is 0. The lowest BCUT2D eigenvalue weighted by Gasteiger charge is -2.15. The Balaban J connectivity index is 1.92. The average molecular weight is 416 g/mol. The Bertz CT molecular complexity index is 690. The van der Waals surface area contributed by atoms with Crippen LogP contribution in [0.4, 0.5) is 5.82 Å². The first-order valence-corrected chi connectivity index (χ1v) is 7.99. The first-order chi connectivity index (χ1) is 10.7. The highest BCUT2D eigenvalue weighted by atomic mass is 127. The molecule has 0 spiro atoms. The lowest BCUT2D eigenvalue weighted by atomic mass is 10.2. The van der Waals surface area contributed by atoms with E-state index < -0.39 is 0 Å². The summed E-state index contributed by atoms with van der Waals surface area (Å²) in [6.45, 7) is 3.97. The molecule has 0 amide bonds. The Morgan fingerprint density at radius 2 is 2.41 bits per heavy atom. The molecular formula is C14H17IN4O3. The van der Waals surface area contributed by atoms with E-state index in [1.807, 2.05) is 10.8 Å². The summed E-state index contributed by atoms with van der Waals surface area (Å²) in [5.41, 5.74) is 6.65. The van der Waals surface area contributed by atoms with Gasteiger partial charge in [-0.05, 0) is 22.6 Å². The number of aromatic nitrogens is 3. The topological polar surface area (TPSA) is 95.4 Å². The average Bonchev–Trinajstić information content (AvgIpc) is 3.07. The van der Waals surface area contributed by atoms with Gasteiger partial charge in [-0.2, -0.15) is 0 Å². The van der Waals surface area contributed by atoms with Crippen LogP contribution >= 0.6 is 22.6 Å². The van der Waals surface area contributed by atoms with Gasteiger partial charge in [-0.1, -0.05) is 6.08 Å². The minimum atomic E-state index is -0.362. The summed E-state index contributed by atoms with van der Waals surface area (Å²) in [5, 5.41) is 10.3. The van der Waals surface area contributed by atoms with Crippen molar-refractivity contribution in [3.63, 3.8) is 0 Å². The molecule has 0 aromatic carbocycles. The number of nitrogen functional groups attached to an aromatic ring is 1. The highest BCUT2D eigenvalue weighted by Crippen LogP contribution is 2.35. The van der Waals surface area contributed by atoms with Crippen LogP contribution in [-0.2, 0) is 9.47 Å². The maximum Gasteiger partial charge on any atom is 0.148 e. The van der Waals surface area contributed by atoms with Crippen LogP contribution in [0.15, 0.2) is 25.2 Å². The van der Waals surface area contributed by atoms with Gasteiger partial charge in [-0.25, -0.2) is 9.97 Å². The number of hydrogen-bond donors (Lipinski definition) is 2. The number of hydrogen-bond acceptors (Lipinski definition) is 6. The molecule has 0 aliphatic carbocycles. The predicted molar refractivity (Wildman–Crippen MR) is 90.2 cm³/mol. The Labute approximate surface area is 141 Å². The molecule has 0 radical (unpaired) electrons. The van der Waals surface area contributed by atoms with Gasteiger partial charge in [-0.15, -0.1) is 6.58 Å². The van der Waals surface area contributed by atoms with E-state index in [1.165, 1.54) is 6.33 Å². The Morgan fingerprint density at radius 3 is 3.14 bits per heavy atom. The molecule has 2 aromatic heterocycles. The van der Waals surface area contributed by atoms with Crippen LogP contribution < -0.4 is 5.73 Å². The van der Waals surface area contributed by atoms with Crippen LogP contribution in [0.25, 0.3) is 11.0 Å². The molecule has 1 aliphatic rings. The van der Waals surface area contributed by atoms with E-state index >= 15 is 0 Å². The summed E-state index contributed by atoms with van der Waals surface area (Å²) in [4.78, 5) is 8.34. The van der Waals surface area contributed by atoms with Gasteiger partial charge >= 0.3 is 0 Å². The fourth-order valence-corrected chi connectivity index (χ4v) is 3.50. The number of anilines is 1. The van der Waals surface area contributed by atoms with Crippen LogP contribution in [0.1, 0.15) is 12.6 Å². The van der Waals surface area contributed by atoms with Gasteiger partial charge in [0.05, 0.1) is 24.7 Å². The smallest absolute Gasteiger partial charge is 0.148 e. The molecule has 0 bridgehead atoms. The van der Waals surface area contributed by atoms with E-state index in [9.17, 15) is 5.11 Å². The van der Waals surface area contributed by atoms with Crippen molar-refractivity contribution >= 4 is 39.4 Å². The number of rotatable bonds is 5. The molecule has 0 unspecified atom stereocenters. The molecule has 3 heterocycles. The van der Waals surface area contributed by atoms with Gasteiger partial charge in [0.25, 0.3) is 0 Å². The van der Waals surface area contributed by atoms with Crippen LogP contribution in [0.3, 0.4) is 0 Å². The molecular weight excluding hydrogens is 399 g/mol. The Morgan fingerprint density at radius 1 is 1.59 bits per heavy atom. The van der Waals surface area contributed by atoms with Gasteiger partial charge in [0.15, 0.2) is 0 Å². The standard InChI is InChI=1S/C14H17IN4O3/c1-2-3-21-9-4-11(22-10(9)6-20)19-5-8(15)12-13(16)17-7-18-14(12)19/h2,5,7,9-11,20H,1,3-4,6H2,(H2,16,17,18)/t9-,10-,11-/m1/s1. The summed E-state index contributed by atoms with van der Waals surface area (Å²) in [6.07, 6.45) is 4.89. The number of ether oxygens (including phenoxy) is 2. The molecule has 3 atom stereocenters. The zero-order valence-electron chi connectivity index (χ0n) is 11.9. The first-order valence-electron chi connectivity index (χ1n) is 6.91. The fraction of sp³-hybridized carbons (Fsp3) is 0.429. The van der Waals surface area contributed by atoms with E-state index in [0.29, 0.717) is 18.8 Å². The summed E-state index contributed by atoms with van der Waals surface area (Å²) < 4.78 is 14.5. The SMILES string of the molecule is C=CCO[C@@H]1C[C@H](n2cc(I)c3c(N)ncnc32)O[C@@H]1CO. The molecule has 3 N–H and O–H groups in total. The lowest BCUT2D eigenvalue weighted by Crippen LogP contribution is -2.27. The Kier molecular flexibility index (Phi) is 4.62. The number of fused-ring (bicyclic) bond motifs is 1. The van der Waals surface area contributed by atoms with E-state index in [0.717, 1.165) is 14.6 Å². The van der Waals surface area contributed by atoms with E-state index in [4.69, 9.17) is 15.2 Å². The zero-order valence-corrected chi connectivity index (χ0v) is 14.0. The molecule has 118 valence electrons. The van der Waals surface area contributed by atoms with Crippen molar-refractivity contribution in [2.75, 3.05) is 18.9 Å². The van der Waals surface area contributed by atoms with Crippen molar-refractivity contribution < 1.29 is 14.6 Å². The lowest BCUT2D eigenvalue weighted by molar-refractivity contribution is -0.0560. The summed E-state index contributed by atoms with van der Waals surface area (Å²) in [5.74, 6) is 0.448. The maximum atomic E-state index is 9.48. The Hall–Kier alpha value is -1.23. The van der Waals surface area contributed by atoms with Gasteiger partial charge in [0, 0.05) is 16.2 Å². The molecule has 2 aromatic rings. The molecule has 1 fully saturated rings. The van der Waals surface area contributed by atoms with E-state index in [-0.39, 0.29) is 25.0 Å². The second kappa shape index (κ2) is 6.49. The minimum absolute atomic E-state index is 0.0915. The van der Waals surface area contributed by atoms with Gasteiger partial charge in [0.1, 0.15) is 30.1 Å². The fourth-order valence-electron chi connectivity index (χ4n) is 2.68. The summed E-state index contributed by atoms with van der Waals surface area (Å²) in [6, 6.07) is 0. The molecule has 7 nitrogen and oxygen atoms in total. The number of nitrogens with two attached hydrogens (primary N) is 1. The maximum absolute atomic E-state index is 9.48. The van der Waals surface area contributed by atoms with Gasteiger partial charge in [-0.3, -0.25) is 0 Å². The zero-order chi connectivity index (χ0) is 15.7. The third-order valence-corrected chi connectivity index (χ3v) is 4.51. The van der Waals surface area contributed by atoms with Crippen molar-refractivity contribution in [1.29, 1.82) is 0 Å². The monoisotopic (exact) mass is 416 g/mol. The number of nitrogens with zero attached hydrogens (tertiary/aromatic N) is 3. The molecule has 0 saturated carbocycles. The molecule has 8 heteroatoms. The highest BCUT2D eigenvalue weighted by Gasteiger charge is 2.37. The second-order valence-corrected chi connectivity index (χ2v) is 6.21. The van der Waals surface area contributed by atoms with Gasteiger partial charge in [0.2, 0.25) is 0 Å². The number of halogens is 1. The van der Waals surface area contributed by atoms with Crippen LogP contribution in [0.2, 0.25) is 0 Å². The number of aliphatic hydroxyl groups is 1. The third kappa shape index (κ3) is 2.71. The number of aliphatic hydroxyl groups excluding tert-OH is 1. The van der Waals surface area contributed by atoms with Crippen LogP contribution in [0, 0.1) is 3.57 Å². The van der Waals surface area contributed by atoms with E-state index in [1.54, 1.807) is 6.08 Å². The summed E-state index contributed by atoms with van der Waals surface area (Å²) >= 11 is 2.20. The predicted octanol–water partition coefficient (Wildman–Crippen LogP) is 1.47. The van der Waals surface area contributed by atoms with Crippen molar-refractivity contribution in [1.82, 2.24) is 14.5 Å². The van der Waals surface area contributed by atoms with Crippen molar-refractivity contribution in [2.24, 2.45) is 0 Å². The first kappa shape index (κ1) is 15.7. The van der Waals surface area contributed by atoms with Gasteiger partial charge < -0.3 is 24.9 Å². The highest BCUT2D eigenvalue weighted by molar-refractivity contribution is 14.1. The van der Waals surface area contributed by atoms with Crippen LogP contribution in [-0.4, -0.2) is 45.1 Å². The largest absolute Gasteiger partial charge is 0.394 e. The van der Waals surface area contributed by atoms with Crippen molar-refractivity contribution in [2.45, 2.75) is 24.9 Å². The molecule has 3 rings (SSSR count). The van der Waals surface area contributed by atoms with Crippen molar-refractivity contribution in [3.8, 4) is 0 Å². The third-order valence-electron chi connectivity index (χ3n) is 3.69. The molecule has 1 saturated heterocycles. The minimum Gasteiger partial charge on any atom is -0.394 e. The molecule has 1 aliphatic heterocycles.